The summed E-state index contributed by atoms with van der Waals surface area (Å²) in [4.78, 5) is 39.0. The number of carbonyl (C=O) groups is 2. The van der Waals surface area contributed by atoms with E-state index in [0.717, 1.165) is 17.5 Å². The van der Waals surface area contributed by atoms with Gasteiger partial charge in [-0.3, -0.25) is 14.5 Å². The number of ketones is 1. The quantitative estimate of drug-likeness (QED) is 0.719. The Morgan fingerprint density at radius 3 is 2.76 bits per heavy atom. The molecule has 29 heavy (non-hydrogen) atoms. The highest BCUT2D eigenvalue weighted by molar-refractivity contribution is 5.99. The van der Waals surface area contributed by atoms with Gasteiger partial charge in [-0.2, -0.15) is 0 Å². The fourth-order valence-corrected chi connectivity index (χ4v) is 3.11. The normalized spacial score (nSPS) is 19.1. The zero-order valence-corrected chi connectivity index (χ0v) is 16.9. The second kappa shape index (κ2) is 8.38. The van der Waals surface area contributed by atoms with Gasteiger partial charge in [-0.25, -0.2) is 15.0 Å². The van der Waals surface area contributed by atoms with Crippen LogP contribution in [0.25, 0.3) is 0 Å². The first kappa shape index (κ1) is 20.4. The Hall–Kier alpha value is -3.29. The van der Waals surface area contributed by atoms with Crippen LogP contribution in [-0.2, 0) is 16.8 Å². The summed E-state index contributed by atoms with van der Waals surface area (Å²) < 4.78 is 5.39. The third-order valence-electron chi connectivity index (χ3n) is 4.86. The van der Waals surface area contributed by atoms with Gasteiger partial charge in [0.2, 0.25) is 11.8 Å². The van der Waals surface area contributed by atoms with Crippen molar-refractivity contribution in [2.24, 2.45) is 10.7 Å². The number of hydrogen-bond acceptors (Lipinski definition) is 7. The predicted molar refractivity (Wildman–Crippen MR) is 109 cm³/mol. The lowest BCUT2D eigenvalue weighted by atomic mass is 9.86. The zero-order valence-electron chi connectivity index (χ0n) is 16.9. The van der Waals surface area contributed by atoms with E-state index in [4.69, 9.17) is 10.5 Å². The minimum absolute atomic E-state index is 0.0952. The second-order valence-corrected chi connectivity index (χ2v) is 7.26. The Labute approximate surface area is 169 Å². The summed E-state index contributed by atoms with van der Waals surface area (Å²) in [6.45, 7) is 4.42. The van der Waals surface area contributed by atoms with Gasteiger partial charge >= 0.3 is 0 Å². The number of guanidine groups is 1. The molecule has 0 aliphatic carbocycles. The van der Waals surface area contributed by atoms with Crippen molar-refractivity contribution in [3.05, 3.63) is 53.5 Å². The summed E-state index contributed by atoms with van der Waals surface area (Å²) in [5.74, 6) is 0.345. The number of rotatable bonds is 7. The molecule has 0 saturated carbocycles. The molecule has 1 unspecified atom stereocenters. The molecular weight excluding hydrogens is 370 g/mol. The standard InChI is InChI=1S/C21H25N5O3/c1-4-8-29-18-13-23-16(12-24-18)17(27)10-14-6-5-7-15(9-14)21(2)11-19(28)26(3)20(22)25-21/h5-7,9,12-13H,4,8,10-11H2,1-3H3,(H2,22,25). The number of hydrogen-bond donors (Lipinski definition) is 1. The van der Waals surface area contributed by atoms with Crippen molar-refractivity contribution >= 4 is 17.6 Å². The smallest absolute Gasteiger partial charge is 0.232 e. The van der Waals surface area contributed by atoms with E-state index in [1.165, 1.54) is 17.3 Å². The van der Waals surface area contributed by atoms with E-state index >= 15 is 0 Å². The molecule has 1 amide bonds. The van der Waals surface area contributed by atoms with Crippen molar-refractivity contribution in [3.8, 4) is 5.88 Å². The minimum Gasteiger partial charge on any atom is -0.477 e. The molecule has 1 aromatic heterocycles. The van der Waals surface area contributed by atoms with Gasteiger partial charge in [0.25, 0.3) is 0 Å². The van der Waals surface area contributed by atoms with E-state index in [2.05, 4.69) is 15.0 Å². The Bertz CT molecular complexity index is 942. The highest BCUT2D eigenvalue weighted by Gasteiger charge is 2.36. The average molecular weight is 395 g/mol. The van der Waals surface area contributed by atoms with Gasteiger partial charge in [0.1, 0.15) is 5.69 Å². The summed E-state index contributed by atoms with van der Waals surface area (Å²) >= 11 is 0. The van der Waals surface area contributed by atoms with Crippen molar-refractivity contribution < 1.29 is 14.3 Å². The van der Waals surface area contributed by atoms with Gasteiger partial charge in [-0.05, 0) is 24.5 Å². The van der Waals surface area contributed by atoms with Crippen molar-refractivity contribution in [1.82, 2.24) is 14.9 Å². The summed E-state index contributed by atoms with van der Waals surface area (Å²) in [6.07, 6.45) is 4.14. The van der Waals surface area contributed by atoms with Gasteiger partial charge in [0.15, 0.2) is 11.7 Å². The maximum absolute atomic E-state index is 12.6. The summed E-state index contributed by atoms with van der Waals surface area (Å²) in [5.41, 5.74) is 7.06. The lowest BCUT2D eigenvalue weighted by Crippen LogP contribution is -2.47. The molecule has 1 atom stereocenters. The topological polar surface area (TPSA) is 111 Å². The van der Waals surface area contributed by atoms with Gasteiger partial charge in [-0.15, -0.1) is 0 Å². The van der Waals surface area contributed by atoms with Crippen LogP contribution in [0, 0.1) is 0 Å². The summed E-state index contributed by atoms with van der Waals surface area (Å²) in [5, 5.41) is 0. The molecule has 2 N–H and O–H groups in total. The molecule has 1 aliphatic rings. The molecular formula is C21H25N5O3. The molecule has 0 bridgehead atoms. The molecule has 1 aliphatic heterocycles. The van der Waals surface area contributed by atoms with E-state index in [1.807, 2.05) is 38.1 Å². The van der Waals surface area contributed by atoms with Crippen LogP contribution < -0.4 is 10.5 Å². The van der Waals surface area contributed by atoms with Gasteiger partial charge in [0, 0.05) is 13.5 Å². The largest absolute Gasteiger partial charge is 0.477 e. The molecule has 2 heterocycles. The fraction of sp³-hybridized carbons (Fsp3) is 0.381. The number of nitrogens with zero attached hydrogens (tertiary/aromatic N) is 4. The predicted octanol–water partition coefficient (Wildman–Crippen LogP) is 2.08. The molecule has 2 aromatic rings. The van der Waals surface area contributed by atoms with Crippen LogP contribution in [0.5, 0.6) is 5.88 Å². The maximum atomic E-state index is 12.6. The molecule has 152 valence electrons. The molecule has 8 heteroatoms. The Morgan fingerprint density at radius 2 is 2.10 bits per heavy atom. The Morgan fingerprint density at radius 1 is 1.31 bits per heavy atom. The SMILES string of the molecule is CCCOc1cnc(C(=O)Cc2cccc(C3(C)CC(=O)N(C)C(N)=N3)c2)cn1. The number of carbonyl (C=O) groups excluding carboxylic acids is 2. The van der Waals surface area contributed by atoms with Crippen molar-refractivity contribution in [2.75, 3.05) is 13.7 Å². The van der Waals surface area contributed by atoms with Gasteiger partial charge in [0.05, 0.1) is 31.0 Å². The van der Waals surface area contributed by atoms with Crippen LogP contribution >= 0.6 is 0 Å². The highest BCUT2D eigenvalue weighted by atomic mass is 16.5. The summed E-state index contributed by atoms with van der Waals surface area (Å²) in [7, 11) is 1.61. The van der Waals surface area contributed by atoms with E-state index in [9.17, 15) is 9.59 Å². The van der Waals surface area contributed by atoms with Gasteiger partial charge < -0.3 is 10.5 Å². The van der Waals surface area contributed by atoms with Crippen molar-refractivity contribution in [1.29, 1.82) is 0 Å². The number of benzene rings is 1. The van der Waals surface area contributed by atoms with Crippen LogP contribution in [0.1, 0.15) is 48.3 Å². The van der Waals surface area contributed by atoms with Crippen molar-refractivity contribution in [2.45, 2.75) is 38.6 Å². The first-order valence-corrected chi connectivity index (χ1v) is 9.52. The van der Waals surface area contributed by atoms with E-state index in [-0.39, 0.29) is 36.2 Å². The monoisotopic (exact) mass is 395 g/mol. The fourth-order valence-electron chi connectivity index (χ4n) is 3.11. The molecule has 8 nitrogen and oxygen atoms in total. The number of aromatic nitrogens is 2. The van der Waals surface area contributed by atoms with Crippen LogP contribution in [0.4, 0.5) is 0 Å². The third-order valence-corrected chi connectivity index (χ3v) is 4.86. The van der Waals surface area contributed by atoms with Crippen LogP contribution in [-0.4, -0.2) is 46.2 Å². The Balaban J connectivity index is 1.76. The highest BCUT2D eigenvalue weighted by Crippen LogP contribution is 2.33. The summed E-state index contributed by atoms with van der Waals surface area (Å²) in [6, 6.07) is 7.49. The van der Waals surface area contributed by atoms with Gasteiger partial charge in [-0.1, -0.05) is 31.2 Å². The van der Waals surface area contributed by atoms with E-state index in [1.54, 1.807) is 7.05 Å². The number of nitrogens with two attached hydrogens (primary N) is 1. The van der Waals surface area contributed by atoms with Crippen LogP contribution in [0.3, 0.4) is 0 Å². The van der Waals surface area contributed by atoms with E-state index in [0.29, 0.717) is 12.5 Å². The van der Waals surface area contributed by atoms with Crippen molar-refractivity contribution in [3.63, 3.8) is 0 Å². The molecule has 0 saturated heterocycles. The third kappa shape index (κ3) is 4.59. The maximum Gasteiger partial charge on any atom is 0.232 e. The first-order valence-electron chi connectivity index (χ1n) is 9.52. The van der Waals surface area contributed by atoms with Crippen LogP contribution in [0.15, 0.2) is 41.7 Å². The zero-order chi connectivity index (χ0) is 21.0. The molecule has 0 spiro atoms. The molecule has 0 fully saturated rings. The number of Topliss-reactive ketones (excluding diaryl/α,β-unsaturated/α-hetero) is 1. The lowest BCUT2D eigenvalue weighted by Gasteiger charge is -2.33. The number of amides is 1. The lowest BCUT2D eigenvalue weighted by molar-refractivity contribution is -0.128. The number of aliphatic imine (C=N–C) groups is 1. The molecule has 3 rings (SSSR count). The van der Waals surface area contributed by atoms with Crippen LogP contribution in [0.2, 0.25) is 0 Å². The second-order valence-electron chi connectivity index (χ2n) is 7.26. The molecule has 1 aromatic carbocycles. The number of ether oxygens (including phenoxy) is 1. The Kier molecular flexibility index (Phi) is 5.91. The average Bonchev–Trinajstić information content (AvgIpc) is 2.71. The van der Waals surface area contributed by atoms with E-state index < -0.39 is 5.54 Å². The minimum atomic E-state index is -0.759. The molecule has 0 radical (unpaired) electrons. The first-order chi connectivity index (χ1) is 13.8.